The van der Waals surface area contributed by atoms with Gasteiger partial charge in [-0.15, -0.1) is 0 Å². The highest BCUT2D eigenvalue weighted by molar-refractivity contribution is 5.82. The van der Waals surface area contributed by atoms with Gasteiger partial charge in [0.15, 0.2) is 0 Å². The van der Waals surface area contributed by atoms with Crippen molar-refractivity contribution in [1.82, 2.24) is 5.32 Å². The van der Waals surface area contributed by atoms with Crippen LogP contribution in [0, 0.1) is 35.0 Å². The number of fused-ring (bicyclic) bond motifs is 5. The summed E-state index contributed by atoms with van der Waals surface area (Å²) in [6, 6.07) is 9.99. The van der Waals surface area contributed by atoms with Gasteiger partial charge in [0.05, 0.1) is 6.61 Å². The van der Waals surface area contributed by atoms with Gasteiger partial charge in [0.2, 0.25) is 5.91 Å². The van der Waals surface area contributed by atoms with Gasteiger partial charge in [0, 0.05) is 17.9 Å². The van der Waals surface area contributed by atoms with Gasteiger partial charge in [-0.05, 0) is 67.9 Å². The summed E-state index contributed by atoms with van der Waals surface area (Å²) in [5.74, 6) is 4.84. The Hall–Kier alpha value is -1.51. The second-order valence-electron chi connectivity index (χ2n) is 8.33. The Morgan fingerprint density at radius 2 is 1.83 bits per heavy atom. The second-order valence-corrected chi connectivity index (χ2v) is 8.33. The zero-order chi connectivity index (χ0) is 15.4. The fraction of sp³-hybridized carbons (Fsp3) is 0.650. The van der Waals surface area contributed by atoms with Crippen molar-refractivity contribution in [1.29, 1.82) is 0 Å². The van der Waals surface area contributed by atoms with E-state index in [-0.39, 0.29) is 5.41 Å². The minimum atomic E-state index is 0.189. The molecule has 5 atom stereocenters. The van der Waals surface area contributed by atoms with Crippen LogP contribution in [0.25, 0.3) is 0 Å². The predicted octanol–water partition coefficient (Wildman–Crippen LogP) is 3.25. The molecule has 0 aromatic heterocycles. The van der Waals surface area contributed by atoms with Gasteiger partial charge in [-0.1, -0.05) is 18.2 Å². The average Bonchev–Trinajstić information content (AvgIpc) is 3.47. The van der Waals surface area contributed by atoms with E-state index in [1.165, 1.54) is 32.1 Å². The van der Waals surface area contributed by atoms with Crippen molar-refractivity contribution in [2.75, 3.05) is 13.2 Å². The molecule has 0 aliphatic heterocycles. The van der Waals surface area contributed by atoms with Crippen LogP contribution in [0.1, 0.15) is 32.1 Å². The van der Waals surface area contributed by atoms with Crippen LogP contribution in [0.2, 0.25) is 0 Å². The molecule has 4 saturated carbocycles. The van der Waals surface area contributed by atoms with E-state index in [4.69, 9.17) is 4.74 Å². The van der Waals surface area contributed by atoms with Crippen LogP contribution >= 0.6 is 0 Å². The van der Waals surface area contributed by atoms with Gasteiger partial charge in [-0.25, -0.2) is 0 Å². The lowest BCUT2D eigenvalue weighted by atomic mass is 10.0. The molecule has 4 aliphatic rings. The van der Waals surface area contributed by atoms with Crippen LogP contribution in [-0.2, 0) is 4.79 Å². The number of nitrogens with one attached hydrogen (secondary N) is 1. The highest BCUT2D eigenvalue weighted by Crippen LogP contribution is 2.69. The molecule has 0 spiro atoms. The second kappa shape index (κ2) is 4.99. The molecule has 122 valence electrons. The summed E-state index contributed by atoms with van der Waals surface area (Å²) in [5.41, 5.74) is 0.189. The molecule has 0 heterocycles. The van der Waals surface area contributed by atoms with Crippen molar-refractivity contribution in [3.05, 3.63) is 30.3 Å². The van der Waals surface area contributed by atoms with Gasteiger partial charge < -0.3 is 10.1 Å². The Labute approximate surface area is 137 Å². The maximum atomic E-state index is 12.5. The third kappa shape index (κ3) is 2.36. The van der Waals surface area contributed by atoms with Crippen molar-refractivity contribution < 1.29 is 9.53 Å². The van der Waals surface area contributed by atoms with Crippen molar-refractivity contribution in [3.63, 3.8) is 0 Å². The fourth-order valence-corrected chi connectivity index (χ4v) is 5.37. The fourth-order valence-electron chi connectivity index (χ4n) is 5.37. The third-order valence-corrected chi connectivity index (χ3v) is 6.92. The molecular weight excluding hydrogens is 286 g/mol. The summed E-state index contributed by atoms with van der Waals surface area (Å²) < 4.78 is 5.91. The SMILES string of the molecule is O=C(NCC1(COc2ccccc2)CC1)C1[C@@H]2[C@H]3CC[C@H](C3)[C@H]12. The normalized spacial score (nSPS) is 38.0. The van der Waals surface area contributed by atoms with E-state index in [2.05, 4.69) is 5.32 Å². The molecule has 3 heteroatoms. The summed E-state index contributed by atoms with van der Waals surface area (Å²) >= 11 is 0. The highest BCUT2D eigenvalue weighted by atomic mass is 16.5. The maximum absolute atomic E-state index is 12.5. The van der Waals surface area contributed by atoms with Gasteiger partial charge in [0.1, 0.15) is 5.75 Å². The summed E-state index contributed by atoms with van der Waals surface area (Å²) in [6.07, 6.45) is 6.51. The average molecular weight is 311 g/mol. The van der Waals surface area contributed by atoms with Crippen molar-refractivity contribution >= 4 is 5.91 Å². The predicted molar refractivity (Wildman–Crippen MR) is 87.9 cm³/mol. The lowest BCUT2D eigenvalue weighted by Crippen LogP contribution is -2.35. The Balaban J connectivity index is 1.12. The Morgan fingerprint density at radius 3 is 2.48 bits per heavy atom. The molecule has 23 heavy (non-hydrogen) atoms. The highest BCUT2D eigenvalue weighted by Gasteiger charge is 2.67. The quantitative estimate of drug-likeness (QED) is 0.876. The lowest BCUT2D eigenvalue weighted by molar-refractivity contribution is -0.123. The van der Waals surface area contributed by atoms with E-state index in [1.807, 2.05) is 30.3 Å². The zero-order valence-corrected chi connectivity index (χ0v) is 13.5. The number of para-hydroxylation sites is 1. The molecule has 1 amide bonds. The van der Waals surface area contributed by atoms with Crippen LogP contribution in [0.15, 0.2) is 30.3 Å². The standard InChI is InChI=1S/C20H25NO2/c22-19(18-16-13-6-7-14(10-13)17(16)18)21-11-20(8-9-20)12-23-15-4-2-1-3-5-15/h1-5,13-14,16-18H,6-12H2,(H,21,22)/t13-,14+,16+,17-,18?. The number of ether oxygens (including phenoxy) is 1. The number of benzene rings is 1. The molecule has 3 nitrogen and oxygen atoms in total. The number of hydrogen-bond donors (Lipinski definition) is 1. The van der Waals surface area contributed by atoms with Crippen LogP contribution in [0.4, 0.5) is 0 Å². The largest absolute Gasteiger partial charge is 0.493 e. The number of rotatable bonds is 6. The number of hydrogen-bond acceptors (Lipinski definition) is 2. The molecule has 4 aliphatic carbocycles. The van der Waals surface area contributed by atoms with E-state index in [0.29, 0.717) is 11.8 Å². The molecule has 0 saturated heterocycles. The van der Waals surface area contributed by atoms with Crippen LogP contribution in [0.3, 0.4) is 0 Å². The topological polar surface area (TPSA) is 38.3 Å². The summed E-state index contributed by atoms with van der Waals surface area (Å²) in [6.45, 7) is 1.52. The molecule has 1 aromatic rings. The first-order valence-corrected chi connectivity index (χ1v) is 9.21. The minimum Gasteiger partial charge on any atom is -0.493 e. The maximum Gasteiger partial charge on any atom is 0.223 e. The molecule has 1 unspecified atom stereocenters. The van der Waals surface area contributed by atoms with Crippen LogP contribution in [-0.4, -0.2) is 19.1 Å². The smallest absolute Gasteiger partial charge is 0.223 e. The minimum absolute atomic E-state index is 0.189. The van der Waals surface area contributed by atoms with E-state index >= 15 is 0 Å². The molecule has 2 bridgehead atoms. The molecule has 1 aromatic carbocycles. The van der Waals surface area contributed by atoms with Crippen molar-refractivity contribution in [2.45, 2.75) is 32.1 Å². The first-order chi connectivity index (χ1) is 11.3. The van der Waals surface area contributed by atoms with Crippen molar-refractivity contribution in [2.24, 2.45) is 35.0 Å². The Bertz CT molecular complexity index is 593. The third-order valence-electron chi connectivity index (χ3n) is 6.92. The first kappa shape index (κ1) is 13.9. The molecular formula is C20H25NO2. The van der Waals surface area contributed by atoms with Gasteiger partial charge in [-0.3, -0.25) is 4.79 Å². The van der Waals surface area contributed by atoms with Gasteiger partial charge >= 0.3 is 0 Å². The van der Waals surface area contributed by atoms with E-state index in [1.54, 1.807) is 0 Å². The molecule has 4 fully saturated rings. The zero-order valence-electron chi connectivity index (χ0n) is 13.5. The van der Waals surface area contributed by atoms with Crippen molar-refractivity contribution in [3.8, 4) is 5.75 Å². The number of carbonyl (C=O) groups excluding carboxylic acids is 1. The Morgan fingerprint density at radius 1 is 1.13 bits per heavy atom. The monoisotopic (exact) mass is 311 g/mol. The van der Waals surface area contributed by atoms with Crippen LogP contribution in [0.5, 0.6) is 5.75 Å². The van der Waals surface area contributed by atoms with E-state index < -0.39 is 0 Å². The van der Waals surface area contributed by atoms with Crippen LogP contribution < -0.4 is 10.1 Å². The summed E-state index contributed by atoms with van der Waals surface area (Å²) in [7, 11) is 0. The van der Waals surface area contributed by atoms with E-state index in [9.17, 15) is 4.79 Å². The summed E-state index contributed by atoms with van der Waals surface area (Å²) in [4.78, 5) is 12.5. The summed E-state index contributed by atoms with van der Waals surface area (Å²) in [5, 5.41) is 3.26. The van der Waals surface area contributed by atoms with Gasteiger partial charge in [-0.2, -0.15) is 0 Å². The molecule has 1 N–H and O–H groups in total. The Kier molecular flexibility index (Phi) is 3.01. The lowest BCUT2D eigenvalue weighted by Gasteiger charge is -2.18. The number of carbonyl (C=O) groups is 1. The molecule has 5 rings (SSSR count). The number of amides is 1. The van der Waals surface area contributed by atoms with Gasteiger partial charge in [0.25, 0.3) is 0 Å². The first-order valence-electron chi connectivity index (χ1n) is 9.21. The molecule has 0 radical (unpaired) electrons. The van der Waals surface area contributed by atoms with E-state index in [0.717, 1.165) is 42.6 Å².